The quantitative estimate of drug-likeness (QED) is 0.194. The van der Waals surface area contributed by atoms with Crippen LogP contribution < -0.4 is 27.4 Å². The molecular formula is C21H41N5O5. The van der Waals surface area contributed by atoms with Gasteiger partial charge < -0.3 is 32.5 Å². The molecular weight excluding hydrogens is 402 g/mol. The molecule has 0 saturated heterocycles. The first-order chi connectivity index (χ1) is 14.4. The van der Waals surface area contributed by atoms with Crippen molar-refractivity contribution in [3.05, 3.63) is 0 Å². The van der Waals surface area contributed by atoms with Gasteiger partial charge in [0.05, 0.1) is 6.04 Å². The Kier molecular flexibility index (Phi) is 13.7. The van der Waals surface area contributed by atoms with Gasteiger partial charge in [-0.1, -0.05) is 27.7 Å². The van der Waals surface area contributed by atoms with Crippen molar-refractivity contribution in [2.24, 2.45) is 23.3 Å². The van der Waals surface area contributed by atoms with Gasteiger partial charge in [0, 0.05) is 0 Å². The molecule has 0 bridgehead atoms. The van der Waals surface area contributed by atoms with Crippen molar-refractivity contribution in [1.29, 1.82) is 0 Å². The topological polar surface area (TPSA) is 177 Å². The van der Waals surface area contributed by atoms with E-state index in [2.05, 4.69) is 16.0 Å². The van der Waals surface area contributed by atoms with E-state index in [0.29, 0.717) is 32.2 Å². The minimum atomic E-state index is -1.14. The molecule has 0 aromatic heterocycles. The van der Waals surface area contributed by atoms with Crippen molar-refractivity contribution in [3.8, 4) is 0 Å². The predicted octanol–water partition coefficient (Wildman–Crippen LogP) is 0.0938. The third kappa shape index (κ3) is 12.3. The van der Waals surface area contributed by atoms with Gasteiger partial charge in [-0.3, -0.25) is 14.4 Å². The molecule has 0 aliphatic rings. The lowest BCUT2D eigenvalue weighted by molar-refractivity contribution is -0.142. The summed E-state index contributed by atoms with van der Waals surface area (Å²) in [6.07, 6.45) is 2.27. The number of carboxylic acids is 1. The van der Waals surface area contributed by atoms with Crippen LogP contribution in [-0.2, 0) is 19.2 Å². The van der Waals surface area contributed by atoms with Crippen LogP contribution in [0.4, 0.5) is 0 Å². The Morgan fingerprint density at radius 3 is 1.81 bits per heavy atom. The second-order valence-electron chi connectivity index (χ2n) is 8.84. The molecule has 0 aromatic rings. The Morgan fingerprint density at radius 1 is 0.774 bits per heavy atom. The van der Waals surface area contributed by atoms with Crippen LogP contribution in [-0.4, -0.2) is 59.5 Å². The Hall–Kier alpha value is -2.20. The van der Waals surface area contributed by atoms with Gasteiger partial charge >= 0.3 is 5.97 Å². The highest BCUT2D eigenvalue weighted by Gasteiger charge is 2.29. The van der Waals surface area contributed by atoms with Crippen LogP contribution >= 0.6 is 0 Å². The van der Waals surface area contributed by atoms with E-state index in [-0.39, 0.29) is 18.3 Å². The minimum absolute atomic E-state index is 0.0703. The minimum Gasteiger partial charge on any atom is -0.480 e. The number of hydrogen-bond acceptors (Lipinski definition) is 6. The maximum Gasteiger partial charge on any atom is 0.326 e. The number of carbonyl (C=O) groups excluding carboxylic acids is 3. The van der Waals surface area contributed by atoms with Gasteiger partial charge in [-0.2, -0.15) is 0 Å². The van der Waals surface area contributed by atoms with Crippen LogP contribution in [0.1, 0.15) is 66.7 Å². The molecule has 3 amide bonds. The standard InChI is InChI=1S/C21H41N5O5/c1-12(2)10-15(23)19(28)24-14(5)18(27)26-17(11-13(3)4)20(29)25-16(21(30)31)8-6-7-9-22/h12-17H,6-11,22-23H2,1-5H3,(H,24,28)(H,25,29)(H,26,27)(H,30,31). The number of nitrogens with two attached hydrogens (primary N) is 2. The van der Waals surface area contributed by atoms with Crippen LogP contribution in [0.5, 0.6) is 0 Å². The van der Waals surface area contributed by atoms with Crippen molar-refractivity contribution in [2.75, 3.05) is 6.54 Å². The maximum atomic E-state index is 12.7. The largest absolute Gasteiger partial charge is 0.480 e. The number of carboxylic acid groups (broad SMARTS) is 1. The molecule has 0 radical (unpaired) electrons. The third-order valence-corrected chi connectivity index (χ3v) is 4.72. The van der Waals surface area contributed by atoms with Crippen LogP contribution in [0.2, 0.25) is 0 Å². The first-order valence-electron chi connectivity index (χ1n) is 11.0. The molecule has 8 N–H and O–H groups in total. The number of carbonyl (C=O) groups is 4. The second-order valence-corrected chi connectivity index (χ2v) is 8.84. The highest BCUT2D eigenvalue weighted by Crippen LogP contribution is 2.08. The Labute approximate surface area is 185 Å². The van der Waals surface area contributed by atoms with Crippen LogP contribution in [0.3, 0.4) is 0 Å². The van der Waals surface area contributed by atoms with Crippen LogP contribution in [0.25, 0.3) is 0 Å². The Bertz CT molecular complexity index is 597. The number of aliphatic carboxylic acids is 1. The van der Waals surface area contributed by atoms with Gasteiger partial charge in [-0.15, -0.1) is 0 Å². The zero-order chi connectivity index (χ0) is 24.1. The summed E-state index contributed by atoms with van der Waals surface area (Å²) in [4.78, 5) is 48.9. The first-order valence-corrected chi connectivity index (χ1v) is 11.0. The Morgan fingerprint density at radius 2 is 1.32 bits per heavy atom. The molecule has 0 rings (SSSR count). The first kappa shape index (κ1) is 28.8. The molecule has 0 spiro atoms. The van der Waals surface area contributed by atoms with Crippen molar-refractivity contribution >= 4 is 23.7 Å². The molecule has 4 unspecified atom stereocenters. The van der Waals surface area contributed by atoms with Crippen molar-refractivity contribution in [3.63, 3.8) is 0 Å². The average Bonchev–Trinajstić information content (AvgIpc) is 2.65. The molecule has 0 heterocycles. The summed E-state index contributed by atoms with van der Waals surface area (Å²) >= 11 is 0. The van der Waals surface area contributed by atoms with E-state index in [9.17, 15) is 24.3 Å². The fourth-order valence-electron chi connectivity index (χ4n) is 3.02. The molecule has 0 fully saturated rings. The van der Waals surface area contributed by atoms with Gasteiger partial charge in [0.15, 0.2) is 0 Å². The van der Waals surface area contributed by atoms with Crippen molar-refractivity contribution in [2.45, 2.75) is 90.9 Å². The number of rotatable bonds is 15. The lowest BCUT2D eigenvalue weighted by Crippen LogP contribution is -2.56. The van der Waals surface area contributed by atoms with E-state index in [1.807, 2.05) is 27.7 Å². The second kappa shape index (κ2) is 14.7. The predicted molar refractivity (Wildman–Crippen MR) is 119 cm³/mol. The molecule has 10 nitrogen and oxygen atoms in total. The summed E-state index contributed by atoms with van der Waals surface area (Å²) < 4.78 is 0. The average molecular weight is 444 g/mol. The van der Waals surface area contributed by atoms with Gasteiger partial charge in [0.1, 0.15) is 18.1 Å². The molecule has 180 valence electrons. The molecule has 10 heteroatoms. The zero-order valence-corrected chi connectivity index (χ0v) is 19.4. The monoisotopic (exact) mass is 443 g/mol. The van der Waals surface area contributed by atoms with Gasteiger partial charge in [-0.05, 0) is 57.4 Å². The van der Waals surface area contributed by atoms with E-state index in [4.69, 9.17) is 11.5 Å². The molecule has 0 aromatic carbocycles. The highest BCUT2D eigenvalue weighted by molar-refractivity contribution is 5.93. The van der Waals surface area contributed by atoms with Gasteiger partial charge in [-0.25, -0.2) is 4.79 Å². The van der Waals surface area contributed by atoms with Crippen molar-refractivity contribution in [1.82, 2.24) is 16.0 Å². The number of hydrogen-bond donors (Lipinski definition) is 6. The van der Waals surface area contributed by atoms with Crippen LogP contribution in [0, 0.1) is 11.8 Å². The molecule has 0 aliphatic carbocycles. The summed E-state index contributed by atoms with van der Waals surface area (Å²) in [7, 11) is 0. The Balaban J connectivity index is 5.05. The van der Waals surface area contributed by atoms with E-state index in [1.165, 1.54) is 6.92 Å². The molecule has 0 saturated carbocycles. The van der Waals surface area contributed by atoms with Crippen LogP contribution in [0.15, 0.2) is 0 Å². The fraction of sp³-hybridized carbons (Fsp3) is 0.810. The normalized spacial score (nSPS) is 15.1. The smallest absolute Gasteiger partial charge is 0.326 e. The summed E-state index contributed by atoms with van der Waals surface area (Å²) in [6.45, 7) is 9.61. The molecule has 0 aliphatic heterocycles. The fourth-order valence-corrected chi connectivity index (χ4v) is 3.02. The summed E-state index contributed by atoms with van der Waals surface area (Å²) in [5, 5.41) is 17.1. The number of amides is 3. The van der Waals surface area contributed by atoms with E-state index >= 15 is 0 Å². The van der Waals surface area contributed by atoms with Crippen molar-refractivity contribution < 1.29 is 24.3 Å². The van der Waals surface area contributed by atoms with Gasteiger partial charge in [0.2, 0.25) is 17.7 Å². The number of unbranched alkanes of at least 4 members (excludes halogenated alkanes) is 1. The highest BCUT2D eigenvalue weighted by atomic mass is 16.4. The zero-order valence-electron chi connectivity index (χ0n) is 19.4. The van der Waals surface area contributed by atoms with E-state index < -0.39 is 47.9 Å². The summed E-state index contributed by atoms with van der Waals surface area (Å²) in [5.74, 6) is -2.39. The molecule has 4 atom stereocenters. The summed E-state index contributed by atoms with van der Waals surface area (Å²) in [5.41, 5.74) is 11.3. The summed E-state index contributed by atoms with van der Waals surface area (Å²) in [6, 6.07) is -3.60. The lowest BCUT2D eigenvalue weighted by atomic mass is 10.0. The van der Waals surface area contributed by atoms with E-state index in [1.54, 1.807) is 0 Å². The number of nitrogens with one attached hydrogen (secondary N) is 3. The van der Waals surface area contributed by atoms with E-state index in [0.717, 1.165) is 0 Å². The SMILES string of the molecule is CC(C)CC(N)C(=O)NC(C)C(=O)NC(CC(C)C)C(=O)NC(CCCCN)C(=O)O. The lowest BCUT2D eigenvalue weighted by Gasteiger charge is -2.25. The maximum absolute atomic E-state index is 12.7. The molecule has 31 heavy (non-hydrogen) atoms. The third-order valence-electron chi connectivity index (χ3n) is 4.72. The van der Waals surface area contributed by atoms with Gasteiger partial charge in [0.25, 0.3) is 0 Å².